The fourth-order valence-corrected chi connectivity index (χ4v) is 2.27. The zero-order valence-electron chi connectivity index (χ0n) is 12.5. The van der Waals surface area contributed by atoms with Gasteiger partial charge in [0.05, 0.1) is 16.6 Å². The summed E-state index contributed by atoms with van der Waals surface area (Å²) in [6.45, 7) is 1.91. The van der Waals surface area contributed by atoms with E-state index in [2.05, 4.69) is 10.6 Å². The lowest BCUT2D eigenvalue weighted by Crippen LogP contribution is -2.32. The molecule has 0 radical (unpaired) electrons. The molecule has 0 unspecified atom stereocenters. The number of amides is 2. The minimum atomic E-state index is -0.388. The monoisotopic (exact) mass is 350 g/mol. The number of aryl methyl sites for hydroxylation is 1. The Morgan fingerprint density at radius 2 is 1.83 bits per heavy atom. The predicted molar refractivity (Wildman–Crippen MR) is 93.2 cm³/mol. The molecule has 4 nitrogen and oxygen atoms in total. The average Bonchev–Trinajstić information content (AvgIpc) is 2.55. The number of carbonyl (C=O) groups is 2. The highest BCUT2D eigenvalue weighted by Gasteiger charge is 2.10. The van der Waals surface area contributed by atoms with Gasteiger partial charge < -0.3 is 10.6 Å². The van der Waals surface area contributed by atoms with Gasteiger partial charge in [-0.05, 0) is 42.3 Å². The van der Waals surface area contributed by atoms with Crippen LogP contribution in [0.15, 0.2) is 42.5 Å². The van der Waals surface area contributed by atoms with Crippen LogP contribution in [0.2, 0.25) is 10.0 Å². The summed E-state index contributed by atoms with van der Waals surface area (Å²) in [4.78, 5) is 23.9. The number of rotatable bonds is 5. The van der Waals surface area contributed by atoms with Gasteiger partial charge in [0.2, 0.25) is 5.91 Å². The molecule has 6 heteroatoms. The fraction of sp³-hybridized carbons (Fsp3) is 0.176. The first-order chi connectivity index (χ1) is 11.0. The van der Waals surface area contributed by atoms with E-state index < -0.39 is 0 Å². The molecule has 0 aliphatic rings. The van der Waals surface area contributed by atoms with E-state index in [4.69, 9.17) is 23.2 Å². The third-order valence-corrected chi connectivity index (χ3v) is 3.95. The summed E-state index contributed by atoms with van der Waals surface area (Å²) in [5.41, 5.74) is 2.18. The van der Waals surface area contributed by atoms with Gasteiger partial charge in [-0.15, -0.1) is 0 Å². The summed E-state index contributed by atoms with van der Waals surface area (Å²) >= 11 is 11.7. The van der Waals surface area contributed by atoms with Gasteiger partial charge in [-0.3, -0.25) is 9.59 Å². The first-order valence-electron chi connectivity index (χ1n) is 7.11. The van der Waals surface area contributed by atoms with Gasteiger partial charge in [0.15, 0.2) is 0 Å². The van der Waals surface area contributed by atoms with E-state index in [1.165, 1.54) is 12.1 Å². The van der Waals surface area contributed by atoms with E-state index in [1.807, 2.05) is 25.1 Å². The summed E-state index contributed by atoms with van der Waals surface area (Å²) in [6.07, 6.45) is 0.887. The maximum Gasteiger partial charge on any atom is 0.251 e. The highest BCUT2D eigenvalue weighted by Crippen LogP contribution is 2.22. The quantitative estimate of drug-likeness (QED) is 0.858. The summed E-state index contributed by atoms with van der Waals surface area (Å²) in [5.74, 6) is -0.687. The number of benzene rings is 2. The molecule has 2 aromatic carbocycles. The van der Waals surface area contributed by atoms with Crippen molar-refractivity contribution in [2.75, 3.05) is 11.9 Å². The molecule has 0 spiro atoms. The summed E-state index contributed by atoms with van der Waals surface area (Å²) in [6, 6.07) is 12.1. The van der Waals surface area contributed by atoms with Crippen molar-refractivity contribution in [1.29, 1.82) is 0 Å². The van der Waals surface area contributed by atoms with Gasteiger partial charge in [0.1, 0.15) is 0 Å². The van der Waals surface area contributed by atoms with E-state index in [0.717, 1.165) is 12.0 Å². The second-order valence-electron chi connectivity index (χ2n) is 4.91. The molecule has 0 heterocycles. The number of halogens is 2. The highest BCUT2D eigenvalue weighted by atomic mass is 35.5. The average molecular weight is 351 g/mol. The molecule has 0 aliphatic heterocycles. The standard InChI is InChI=1S/C17H16Cl2N2O2/c1-2-11-4-3-5-13(8-11)21-16(22)10-20-17(23)12-6-7-14(18)15(19)9-12/h3-9H,2,10H2,1H3,(H,20,23)(H,21,22). The normalized spacial score (nSPS) is 10.2. The molecular formula is C17H16Cl2N2O2. The first-order valence-corrected chi connectivity index (χ1v) is 7.87. The van der Waals surface area contributed by atoms with Crippen LogP contribution in [0, 0.1) is 0 Å². The van der Waals surface area contributed by atoms with Crippen molar-refractivity contribution in [2.45, 2.75) is 13.3 Å². The van der Waals surface area contributed by atoms with Gasteiger partial charge in [-0.25, -0.2) is 0 Å². The smallest absolute Gasteiger partial charge is 0.251 e. The Hall–Kier alpha value is -2.04. The van der Waals surface area contributed by atoms with Gasteiger partial charge >= 0.3 is 0 Å². The van der Waals surface area contributed by atoms with Crippen LogP contribution in [0.5, 0.6) is 0 Å². The molecule has 2 aromatic rings. The van der Waals surface area contributed by atoms with Crippen molar-refractivity contribution in [2.24, 2.45) is 0 Å². The van der Waals surface area contributed by atoms with E-state index in [9.17, 15) is 9.59 Å². The van der Waals surface area contributed by atoms with Crippen molar-refractivity contribution in [3.05, 3.63) is 63.6 Å². The Morgan fingerprint density at radius 1 is 1.04 bits per heavy atom. The SMILES string of the molecule is CCc1cccc(NC(=O)CNC(=O)c2ccc(Cl)c(Cl)c2)c1. The second-order valence-corrected chi connectivity index (χ2v) is 5.73. The Labute approximate surface area is 144 Å². The van der Waals surface area contributed by atoms with Gasteiger partial charge in [0.25, 0.3) is 5.91 Å². The lowest BCUT2D eigenvalue weighted by atomic mass is 10.1. The number of hydrogen-bond acceptors (Lipinski definition) is 2. The Morgan fingerprint density at radius 3 is 2.52 bits per heavy atom. The Bertz CT molecular complexity index is 732. The zero-order chi connectivity index (χ0) is 16.8. The van der Waals surface area contributed by atoms with Crippen LogP contribution in [0.1, 0.15) is 22.8 Å². The molecule has 2 rings (SSSR count). The third kappa shape index (κ3) is 4.98. The maximum atomic E-state index is 12.0. The summed E-state index contributed by atoms with van der Waals surface area (Å²) in [7, 11) is 0. The molecular weight excluding hydrogens is 335 g/mol. The number of carbonyl (C=O) groups excluding carboxylic acids is 2. The molecule has 120 valence electrons. The van der Waals surface area contributed by atoms with Crippen LogP contribution in [-0.2, 0) is 11.2 Å². The lowest BCUT2D eigenvalue weighted by Gasteiger charge is -2.08. The van der Waals surface area contributed by atoms with Gasteiger partial charge in [-0.2, -0.15) is 0 Å². The van der Waals surface area contributed by atoms with Crippen molar-refractivity contribution in [3.63, 3.8) is 0 Å². The van der Waals surface area contributed by atoms with Crippen molar-refractivity contribution in [3.8, 4) is 0 Å². The molecule has 0 saturated carbocycles. The van der Waals surface area contributed by atoms with Crippen molar-refractivity contribution < 1.29 is 9.59 Å². The third-order valence-electron chi connectivity index (χ3n) is 3.21. The first kappa shape index (κ1) is 17.3. The lowest BCUT2D eigenvalue weighted by molar-refractivity contribution is -0.115. The number of hydrogen-bond donors (Lipinski definition) is 2. The van der Waals surface area contributed by atoms with Crippen molar-refractivity contribution >= 4 is 40.7 Å². The Kier molecular flexibility index (Phi) is 6.02. The molecule has 2 amide bonds. The summed E-state index contributed by atoms with van der Waals surface area (Å²) in [5, 5.41) is 5.95. The number of nitrogens with one attached hydrogen (secondary N) is 2. The molecule has 0 aromatic heterocycles. The van der Waals surface area contributed by atoms with E-state index in [-0.39, 0.29) is 18.4 Å². The molecule has 23 heavy (non-hydrogen) atoms. The van der Waals surface area contributed by atoms with Gasteiger partial charge in [0, 0.05) is 11.3 Å². The maximum absolute atomic E-state index is 12.0. The van der Waals surface area contributed by atoms with Crippen LogP contribution in [-0.4, -0.2) is 18.4 Å². The van der Waals surface area contributed by atoms with Crippen molar-refractivity contribution in [1.82, 2.24) is 5.32 Å². The van der Waals surface area contributed by atoms with Crippen LogP contribution in [0.25, 0.3) is 0 Å². The fourth-order valence-electron chi connectivity index (χ4n) is 1.97. The topological polar surface area (TPSA) is 58.2 Å². The molecule has 0 bridgehead atoms. The molecule has 0 fully saturated rings. The largest absolute Gasteiger partial charge is 0.343 e. The second kappa shape index (κ2) is 7.99. The minimum Gasteiger partial charge on any atom is -0.343 e. The van der Waals surface area contributed by atoms with Gasteiger partial charge in [-0.1, -0.05) is 42.3 Å². The molecule has 0 saturated heterocycles. The Balaban J connectivity index is 1.90. The van der Waals surface area contributed by atoms with Crippen LogP contribution < -0.4 is 10.6 Å². The minimum absolute atomic E-state index is 0.130. The summed E-state index contributed by atoms with van der Waals surface area (Å²) < 4.78 is 0. The van der Waals surface area contributed by atoms with E-state index in [0.29, 0.717) is 21.3 Å². The molecule has 2 N–H and O–H groups in total. The van der Waals surface area contributed by atoms with Crippen LogP contribution >= 0.6 is 23.2 Å². The predicted octanol–water partition coefficient (Wildman–Crippen LogP) is 3.92. The highest BCUT2D eigenvalue weighted by molar-refractivity contribution is 6.42. The van der Waals surface area contributed by atoms with Crippen LogP contribution in [0.4, 0.5) is 5.69 Å². The molecule has 0 atom stereocenters. The van der Waals surface area contributed by atoms with E-state index in [1.54, 1.807) is 12.1 Å². The number of anilines is 1. The van der Waals surface area contributed by atoms with E-state index >= 15 is 0 Å². The van der Waals surface area contributed by atoms with Crippen LogP contribution in [0.3, 0.4) is 0 Å². The zero-order valence-corrected chi connectivity index (χ0v) is 14.0. The molecule has 0 aliphatic carbocycles.